The predicted octanol–water partition coefficient (Wildman–Crippen LogP) is 9.38. The lowest BCUT2D eigenvalue weighted by Gasteiger charge is -2.33. The van der Waals surface area contributed by atoms with Crippen molar-refractivity contribution >= 4 is 0 Å². The van der Waals surface area contributed by atoms with Crippen molar-refractivity contribution in [3.8, 4) is 5.75 Å². The maximum absolute atomic E-state index is 6.13. The lowest BCUT2D eigenvalue weighted by Crippen LogP contribution is -2.45. The van der Waals surface area contributed by atoms with E-state index in [4.69, 9.17) is 4.74 Å². The number of likely N-dealkylation sites (tertiary alicyclic amines) is 1. The third kappa shape index (κ3) is 11.3. The standard InChI is InChI=1S/C44H59N3O/c1-35(2)40-20-14-37(15-21-40)32-47(33-38-16-22-41(23-17-38)44(3,4)5)42(31-45-26-29-46-27-10-7-11-28-46)30-36-18-24-43(25-19-36)48-34-39-12-8-6-9-13-39/h6,8-9,12-25,35,42,45H,7,10-11,26-34H2,1-5H3. The molecule has 1 atom stereocenters. The van der Waals surface area contributed by atoms with Crippen molar-refractivity contribution in [3.05, 3.63) is 137 Å². The first-order valence-corrected chi connectivity index (χ1v) is 18.3. The molecule has 5 rings (SSSR count). The van der Waals surface area contributed by atoms with Crippen LogP contribution in [0.4, 0.5) is 0 Å². The molecule has 4 aromatic carbocycles. The Morgan fingerprint density at radius 2 is 1.31 bits per heavy atom. The molecule has 1 N–H and O–H groups in total. The highest BCUT2D eigenvalue weighted by Gasteiger charge is 2.21. The number of rotatable bonds is 16. The molecule has 1 unspecified atom stereocenters. The van der Waals surface area contributed by atoms with Gasteiger partial charge in [0.2, 0.25) is 0 Å². The summed E-state index contributed by atoms with van der Waals surface area (Å²) < 4.78 is 6.13. The van der Waals surface area contributed by atoms with Gasteiger partial charge in [0, 0.05) is 38.8 Å². The van der Waals surface area contributed by atoms with E-state index in [1.54, 1.807) is 0 Å². The van der Waals surface area contributed by atoms with Gasteiger partial charge in [-0.1, -0.05) is 132 Å². The number of nitrogens with one attached hydrogen (secondary N) is 1. The number of benzene rings is 4. The van der Waals surface area contributed by atoms with Crippen LogP contribution in [0.15, 0.2) is 103 Å². The highest BCUT2D eigenvalue weighted by atomic mass is 16.5. The Balaban J connectivity index is 1.34. The fraction of sp³-hybridized carbons (Fsp3) is 0.455. The van der Waals surface area contributed by atoms with Crippen LogP contribution in [0.2, 0.25) is 0 Å². The molecule has 48 heavy (non-hydrogen) atoms. The van der Waals surface area contributed by atoms with E-state index in [-0.39, 0.29) is 5.41 Å². The van der Waals surface area contributed by atoms with Gasteiger partial charge in [-0.2, -0.15) is 0 Å². The van der Waals surface area contributed by atoms with Gasteiger partial charge >= 0.3 is 0 Å². The van der Waals surface area contributed by atoms with Crippen LogP contribution in [0.25, 0.3) is 0 Å². The van der Waals surface area contributed by atoms with Crippen molar-refractivity contribution in [1.29, 1.82) is 0 Å². The highest BCUT2D eigenvalue weighted by molar-refractivity contribution is 5.30. The van der Waals surface area contributed by atoms with Gasteiger partial charge in [-0.3, -0.25) is 4.90 Å². The highest BCUT2D eigenvalue weighted by Crippen LogP contribution is 2.25. The van der Waals surface area contributed by atoms with E-state index in [1.807, 2.05) is 6.07 Å². The smallest absolute Gasteiger partial charge is 0.119 e. The average Bonchev–Trinajstić information content (AvgIpc) is 3.10. The minimum absolute atomic E-state index is 0.147. The minimum Gasteiger partial charge on any atom is -0.489 e. The number of nitrogens with zero attached hydrogens (tertiary/aromatic N) is 2. The summed E-state index contributed by atoms with van der Waals surface area (Å²) in [5, 5.41) is 3.90. The zero-order valence-corrected chi connectivity index (χ0v) is 30.3. The summed E-state index contributed by atoms with van der Waals surface area (Å²) in [6, 6.07) is 38.2. The second-order valence-corrected chi connectivity index (χ2v) is 15.1. The Kier molecular flexibility index (Phi) is 13.3. The van der Waals surface area contributed by atoms with E-state index in [0.717, 1.165) is 44.9 Å². The number of hydrogen-bond acceptors (Lipinski definition) is 4. The van der Waals surface area contributed by atoms with Crippen LogP contribution in [0.3, 0.4) is 0 Å². The zero-order valence-electron chi connectivity index (χ0n) is 30.3. The maximum atomic E-state index is 6.13. The fourth-order valence-corrected chi connectivity index (χ4v) is 6.66. The molecule has 0 aromatic heterocycles. The van der Waals surface area contributed by atoms with Crippen molar-refractivity contribution in [2.75, 3.05) is 32.7 Å². The van der Waals surface area contributed by atoms with Gasteiger partial charge in [-0.15, -0.1) is 0 Å². The van der Waals surface area contributed by atoms with Crippen molar-refractivity contribution in [2.24, 2.45) is 0 Å². The molecule has 0 radical (unpaired) electrons. The van der Waals surface area contributed by atoms with Gasteiger partial charge in [-0.25, -0.2) is 0 Å². The van der Waals surface area contributed by atoms with Crippen molar-refractivity contribution in [3.63, 3.8) is 0 Å². The first-order chi connectivity index (χ1) is 23.2. The van der Waals surface area contributed by atoms with Crippen LogP contribution in [0.1, 0.15) is 93.2 Å². The van der Waals surface area contributed by atoms with Gasteiger partial charge in [0.1, 0.15) is 12.4 Å². The Hall–Kier alpha value is -3.44. The summed E-state index contributed by atoms with van der Waals surface area (Å²) >= 11 is 0. The Morgan fingerprint density at radius 1 is 0.708 bits per heavy atom. The predicted molar refractivity (Wildman–Crippen MR) is 203 cm³/mol. The molecule has 1 aliphatic heterocycles. The monoisotopic (exact) mass is 645 g/mol. The quantitative estimate of drug-likeness (QED) is 0.123. The Bertz CT molecular complexity index is 1470. The summed E-state index contributed by atoms with van der Waals surface area (Å²) in [5.74, 6) is 1.45. The summed E-state index contributed by atoms with van der Waals surface area (Å²) in [4.78, 5) is 5.33. The van der Waals surface area contributed by atoms with E-state index in [0.29, 0.717) is 18.6 Å². The van der Waals surface area contributed by atoms with Crippen LogP contribution in [0.5, 0.6) is 5.75 Å². The first-order valence-electron chi connectivity index (χ1n) is 18.3. The molecule has 0 bridgehead atoms. The van der Waals surface area contributed by atoms with E-state index in [9.17, 15) is 0 Å². The SMILES string of the molecule is CC(C)c1ccc(CN(Cc2ccc(C(C)(C)C)cc2)C(CNCCN2CCCCC2)Cc2ccc(OCc3ccccc3)cc2)cc1. The van der Waals surface area contributed by atoms with Crippen LogP contribution in [-0.4, -0.2) is 48.6 Å². The van der Waals surface area contributed by atoms with Gasteiger partial charge in [-0.05, 0) is 89.2 Å². The molecule has 1 fully saturated rings. The fourth-order valence-electron chi connectivity index (χ4n) is 6.66. The summed E-state index contributed by atoms with van der Waals surface area (Å²) in [7, 11) is 0. The topological polar surface area (TPSA) is 27.7 Å². The van der Waals surface area contributed by atoms with E-state index >= 15 is 0 Å². The lowest BCUT2D eigenvalue weighted by molar-refractivity contribution is 0.168. The molecular weight excluding hydrogens is 587 g/mol. The van der Waals surface area contributed by atoms with Gasteiger partial charge in [0.15, 0.2) is 0 Å². The molecular formula is C44H59N3O. The maximum Gasteiger partial charge on any atom is 0.119 e. The van der Waals surface area contributed by atoms with Gasteiger partial charge in [0.25, 0.3) is 0 Å². The molecule has 4 heteroatoms. The zero-order chi connectivity index (χ0) is 33.8. The van der Waals surface area contributed by atoms with Crippen molar-refractivity contribution in [1.82, 2.24) is 15.1 Å². The summed E-state index contributed by atoms with van der Waals surface area (Å²) in [6.45, 7) is 19.4. The molecule has 1 heterocycles. The third-order valence-corrected chi connectivity index (χ3v) is 9.83. The Morgan fingerprint density at radius 3 is 1.92 bits per heavy atom. The molecule has 0 aliphatic carbocycles. The summed E-state index contributed by atoms with van der Waals surface area (Å²) in [6.07, 6.45) is 5.03. The molecule has 0 spiro atoms. The number of hydrogen-bond donors (Lipinski definition) is 1. The largest absolute Gasteiger partial charge is 0.489 e. The molecule has 4 nitrogen and oxygen atoms in total. The van der Waals surface area contributed by atoms with Crippen molar-refractivity contribution < 1.29 is 4.74 Å². The minimum atomic E-state index is 0.147. The normalized spacial score (nSPS) is 14.8. The van der Waals surface area contributed by atoms with Crippen LogP contribution in [0, 0.1) is 0 Å². The second-order valence-electron chi connectivity index (χ2n) is 15.1. The molecule has 0 saturated carbocycles. The number of piperidine rings is 1. The average molecular weight is 646 g/mol. The third-order valence-electron chi connectivity index (χ3n) is 9.83. The Labute approximate surface area is 291 Å². The molecule has 1 aliphatic rings. The molecule has 4 aromatic rings. The molecule has 256 valence electrons. The second kappa shape index (κ2) is 17.8. The first kappa shape index (κ1) is 35.9. The van der Waals surface area contributed by atoms with E-state index in [2.05, 4.69) is 147 Å². The van der Waals surface area contributed by atoms with Crippen LogP contribution >= 0.6 is 0 Å². The summed E-state index contributed by atoms with van der Waals surface area (Å²) in [5.41, 5.74) is 8.19. The molecule has 0 amide bonds. The van der Waals surface area contributed by atoms with E-state index in [1.165, 1.54) is 65.7 Å². The number of ether oxygens (including phenoxy) is 1. The van der Waals surface area contributed by atoms with Gasteiger partial charge < -0.3 is 15.0 Å². The lowest BCUT2D eigenvalue weighted by atomic mass is 9.86. The molecule has 1 saturated heterocycles. The van der Waals surface area contributed by atoms with Crippen LogP contribution in [-0.2, 0) is 31.5 Å². The van der Waals surface area contributed by atoms with Crippen molar-refractivity contribution in [2.45, 2.75) is 97.4 Å². The van der Waals surface area contributed by atoms with Gasteiger partial charge in [0.05, 0.1) is 0 Å². The van der Waals surface area contributed by atoms with Crippen LogP contribution < -0.4 is 10.1 Å². The van der Waals surface area contributed by atoms with E-state index < -0.39 is 0 Å².